The molecule has 0 aliphatic rings. The predicted molar refractivity (Wildman–Crippen MR) is 69.0 cm³/mol. The predicted octanol–water partition coefficient (Wildman–Crippen LogP) is 1.01. The van der Waals surface area contributed by atoms with Crippen LogP contribution in [0.2, 0.25) is 0 Å². The third-order valence-corrected chi connectivity index (χ3v) is 3.12. The number of ether oxygens (including phenoxy) is 1. The Bertz CT molecular complexity index is 379. The van der Waals surface area contributed by atoms with Gasteiger partial charge in [0.05, 0.1) is 12.8 Å². The summed E-state index contributed by atoms with van der Waals surface area (Å²) in [5.74, 6) is -0.264. The van der Waals surface area contributed by atoms with E-state index in [0.29, 0.717) is 13.1 Å². The maximum Gasteiger partial charge on any atom is 0.320 e. The van der Waals surface area contributed by atoms with Crippen LogP contribution in [0.4, 0.5) is 0 Å². The topological polar surface area (TPSA) is 56.2 Å². The molecule has 0 amide bonds. The number of hydrogen-bond donors (Lipinski definition) is 1. The van der Waals surface area contributed by atoms with Crippen molar-refractivity contribution in [3.63, 3.8) is 0 Å². The first-order chi connectivity index (χ1) is 8.08. The molecule has 0 bridgehead atoms. The van der Waals surface area contributed by atoms with Gasteiger partial charge in [-0.05, 0) is 6.42 Å². The van der Waals surface area contributed by atoms with Gasteiger partial charge in [0, 0.05) is 31.9 Å². The van der Waals surface area contributed by atoms with Crippen LogP contribution in [-0.4, -0.2) is 34.2 Å². The molecule has 0 spiro atoms. The van der Waals surface area contributed by atoms with Crippen molar-refractivity contribution in [1.29, 1.82) is 0 Å². The molecule has 1 rings (SSSR count). The maximum atomic E-state index is 11.2. The van der Waals surface area contributed by atoms with Crippen LogP contribution in [0.3, 0.4) is 0 Å². The van der Waals surface area contributed by atoms with E-state index in [2.05, 4.69) is 38.0 Å². The zero-order valence-electron chi connectivity index (χ0n) is 10.4. The molecule has 0 aromatic carbocycles. The summed E-state index contributed by atoms with van der Waals surface area (Å²) in [4.78, 5) is 10.8. The Balaban J connectivity index is 2.42. The van der Waals surface area contributed by atoms with Crippen molar-refractivity contribution in [3.05, 3.63) is 17.5 Å². The molecule has 1 unspecified atom stereocenters. The van der Waals surface area contributed by atoms with Gasteiger partial charge in [-0.3, -0.25) is 9.48 Å². The first-order valence-electron chi connectivity index (χ1n) is 5.52. The summed E-state index contributed by atoms with van der Waals surface area (Å²) in [6.07, 6.45) is 2.90. The molecule has 1 aromatic rings. The number of esters is 1. The third-order valence-electron chi connectivity index (χ3n) is 2.42. The van der Waals surface area contributed by atoms with Crippen molar-refractivity contribution < 1.29 is 9.53 Å². The summed E-state index contributed by atoms with van der Waals surface area (Å²) in [6, 6.07) is 0. The highest BCUT2D eigenvalue weighted by Crippen LogP contribution is 2.07. The number of carbonyl (C=O) groups excluding carboxylic acids is 1. The van der Waals surface area contributed by atoms with Gasteiger partial charge in [0.15, 0.2) is 0 Å². The highest BCUT2D eigenvalue weighted by molar-refractivity contribution is 9.10. The third kappa shape index (κ3) is 4.12. The summed E-state index contributed by atoms with van der Waals surface area (Å²) >= 11 is 3.26. The van der Waals surface area contributed by atoms with E-state index in [-0.39, 0.29) is 10.8 Å². The van der Waals surface area contributed by atoms with Crippen LogP contribution < -0.4 is 5.32 Å². The summed E-state index contributed by atoms with van der Waals surface area (Å²) in [5, 5.41) is 7.56. The van der Waals surface area contributed by atoms with E-state index in [9.17, 15) is 4.79 Å². The van der Waals surface area contributed by atoms with E-state index in [1.54, 1.807) is 0 Å². The Morgan fingerprint density at radius 3 is 3.00 bits per heavy atom. The fourth-order valence-electron chi connectivity index (χ4n) is 1.57. The molecule has 1 heterocycles. The lowest BCUT2D eigenvalue weighted by Gasteiger charge is -2.08. The summed E-state index contributed by atoms with van der Waals surface area (Å²) in [7, 11) is 3.29. The molecule has 1 N–H and O–H groups in total. The summed E-state index contributed by atoms with van der Waals surface area (Å²) < 4.78 is 6.43. The Morgan fingerprint density at radius 2 is 2.41 bits per heavy atom. The number of aryl methyl sites for hydroxylation is 2. The Kier molecular flexibility index (Phi) is 5.64. The van der Waals surface area contributed by atoms with E-state index in [1.807, 2.05) is 17.9 Å². The van der Waals surface area contributed by atoms with Gasteiger partial charge in [-0.15, -0.1) is 0 Å². The lowest BCUT2D eigenvalue weighted by molar-refractivity contribution is -0.139. The number of halogens is 1. The average molecular weight is 304 g/mol. The van der Waals surface area contributed by atoms with Gasteiger partial charge in [-0.2, -0.15) is 5.10 Å². The lowest BCUT2D eigenvalue weighted by atomic mass is 10.2. The van der Waals surface area contributed by atoms with Crippen LogP contribution in [0, 0.1) is 0 Å². The first-order valence-corrected chi connectivity index (χ1v) is 6.44. The minimum Gasteiger partial charge on any atom is -0.468 e. The van der Waals surface area contributed by atoms with Crippen molar-refractivity contribution in [2.24, 2.45) is 7.05 Å². The Labute approximate surface area is 110 Å². The lowest BCUT2D eigenvalue weighted by Crippen LogP contribution is -2.29. The molecule has 0 saturated heterocycles. The smallest absolute Gasteiger partial charge is 0.320 e. The molecule has 1 aromatic heterocycles. The van der Waals surface area contributed by atoms with Crippen LogP contribution in [0.25, 0.3) is 0 Å². The van der Waals surface area contributed by atoms with Crippen LogP contribution in [0.15, 0.2) is 6.20 Å². The van der Waals surface area contributed by atoms with Gasteiger partial charge >= 0.3 is 5.97 Å². The van der Waals surface area contributed by atoms with E-state index < -0.39 is 0 Å². The monoisotopic (exact) mass is 303 g/mol. The van der Waals surface area contributed by atoms with Crippen LogP contribution in [0.5, 0.6) is 0 Å². The first kappa shape index (κ1) is 14.2. The van der Waals surface area contributed by atoms with Crippen molar-refractivity contribution in [3.8, 4) is 0 Å². The fourth-order valence-corrected chi connectivity index (χ4v) is 1.99. The Hall–Kier alpha value is -0.880. The number of rotatable bonds is 6. The molecule has 0 aliphatic carbocycles. The number of nitrogens with one attached hydrogen (secondary N) is 1. The van der Waals surface area contributed by atoms with Gasteiger partial charge in [0.2, 0.25) is 0 Å². The normalized spacial score (nSPS) is 12.5. The molecular weight excluding hydrogens is 286 g/mol. The van der Waals surface area contributed by atoms with Gasteiger partial charge in [-0.25, -0.2) is 0 Å². The zero-order valence-corrected chi connectivity index (χ0v) is 12.0. The van der Waals surface area contributed by atoms with Crippen molar-refractivity contribution in [2.45, 2.75) is 24.7 Å². The quantitative estimate of drug-likeness (QED) is 0.629. The molecule has 17 heavy (non-hydrogen) atoms. The molecule has 5 nitrogen and oxygen atoms in total. The largest absolute Gasteiger partial charge is 0.468 e. The highest BCUT2D eigenvalue weighted by atomic mass is 79.9. The Morgan fingerprint density at radius 1 is 1.71 bits per heavy atom. The van der Waals surface area contributed by atoms with Crippen LogP contribution in [-0.2, 0) is 29.5 Å². The minimum absolute atomic E-state index is 0.264. The minimum atomic E-state index is -0.311. The molecule has 0 radical (unpaired) electrons. The van der Waals surface area contributed by atoms with E-state index in [1.165, 1.54) is 12.7 Å². The summed E-state index contributed by atoms with van der Waals surface area (Å²) in [5.41, 5.74) is 2.25. The van der Waals surface area contributed by atoms with E-state index in [0.717, 1.165) is 12.1 Å². The second-order valence-corrected chi connectivity index (χ2v) is 4.86. The second kappa shape index (κ2) is 6.76. The highest BCUT2D eigenvalue weighted by Gasteiger charge is 2.14. The van der Waals surface area contributed by atoms with Crippen molar-refractivity contribution in [2.75, 3.05) is 13.7 Å². The number of aromatic nitrogens is 2. The number of alkyl halides is 1. The molecule has 6 heteroatoms. The van der Waals surface area contributed by atoms with Crippen LogP contribution >= 0.6 is 15.9 Å². The molecule has 96 valence electrons. The average Bonchev–Trinajstić information content (AvgIpc) is 2.68. The number of hydrogen-bond acceptors (Lipinski definition) is 4. The second-order valence-electron chi connectivity index (χ2n) is 3.75. The molecule has 0 fully saturated rings. The molecule has 0 aliphatic heterocycles. The van der Waals surface area contributed by atoms with Gasteiger partial charge < -0.3 is 10.1 Å². The van der Waals surface area contributed by atoms with Gasteiger partial charge in [-0.1, -0.05) is 22.9 Å². The van der Waals surface area contributed by atoms with Crippen LogP contribution in [0.1, 0.15) is 18.2 Å². The number of nitrogens with zero attached hydrogens (tertiary/aromatic N) is 2. The standard InChI is InChI=1S/C11H18BrN3O2/c1-4-10-8(7-15(2)14-10)5-13-6-9(12)11(16)17-3/h7,9,13H,4-6H2,1-3H3. The fraction of sp³-hybridized carbons (Fsp3) is 0.636. The summed E-state index contributed by atoms with van der Waals surface area (Å²) in [6.45, 7) is 3.31. The SMILES string of the molecule is CCc1nn(C)cc1CNCC(Br)C(=O)OC. The van der Waals surface area contributed by atoms with E-state index in [4.69, 9.17) is 0 Å². The van der Waals surface area contributed by atoms with E-state index >= 15 is 0 Å². The zero-order chi connectivity index (χ0) is 12.8. The van der Waals surface area contributed by atoms with Gasteiger partial charge in [0.25, 0.3) is 0 Å². The van der Waals surface area contributed by atoms with Crippen molar-refractivity contribution in [1.82, 2.24) is 15.1 Å². The molecule has 0 saturated carbocycles. The number of carbonyl (C=O) groups is 1. The van der Waals surface area contributed by atoms with Gasteiger partial charge in [0.1, 0.15) is 4.83 Å². The number of methoxy groups -OCH3 is 1. The maximum absolute atomic E-state index is 11.2. The molecular formula is C11H18BrN3O2. The molecule has 1 atom stereocenters. The van der Waals surface area contributed by atoms with Crippen molar-refractivity contribution >= 4 is 21.9 Å².